The molecule has 0 bridgehead atoms. The van der Waals surface area contributed by atoms with Gasteiger partial charge in [-0.1, -0.05) is 66.7 Å². The van der Waals surface area contributed by atoms with Crippen LogP contribution in [0.3, 0.4) is 0 Å². The molecule has 7 nitrogen and oxygen atoms in total. The van der Waals surface area contributed by atoms with Crippen LogP contribution in [0.4, 0.5) is 0 Å². The van der Waals surface area contributed by atoms with Crippen LogP contribution in [0.1, 0.15) is 34.0 Å². The van der Waals surface area contributed by atoms with Gasteiger partial charge >= 0.3 is 5.97 Å². The Hall–Kier alpha value is -3.78. The fraction of sp³-hybridized carbons (Fsp3) is 0.267. The molecule has 0 aliphatic heterocycles. The topological polar surface area (TPSA) is 87.1 Å². The molecule has 192 valence electrons. The predicted octanol–water partition coefficient (Wildman–Crippen LogP) is 5.44. The summed E-state index contributed by atoms with van der Waals surface area (Å²) in [7, 11) is 0. The quantitative estimate of drug-likeness (QED) is 0.244. The Morgan fingerprint density at radius 2 is 1.46 bits per heavy atom. The van der Waals surface area contributed by atoms with Crippen LogP contribution in [0.2, 0.25) is 0 Å². The number of rotatable bonds is 13. The van der Waals surface area contributed by atoms with E-state index in [0.29, 0.717) is 37.3 Å². The predicted molar refractivity (Wildman–Crippen MR) is 140 cm³/mol. The number of aromatic hydroxyl groups is 1. The fourth-order valence-corrected chi connectivity index (χ4v) is 3.80. The molecule has 0 radical (unpaired) electrons. The van der Waals surface area contributed by atoms with Gasteiger partial charge in [-0.3, -0.25) is 4.98 Å². The molecule has 4 rings (SSSR count). The first-order chi connectivity index (χ1) is 18.1. The summed E-state index contributed by atoms with van der Waals surface area (Å²) >= 11 is 0. The molecule has 0 amide bonds. The van der Waals surface area contributed by atoms with E-state index in [2.05, 4.69) is 4.98 Å². The maximum Gasteiger partial charge on any atom is 0.343 e. The van der Waals surface area contributed by atoms with E-state index in [1.165, 1.54) is 6.20 Å². The maximum atomic E-state index is 12.1. The molecule has 0 fully saturated rings. The number of carbonyl (C=O) groups excluding carboxylic acids is 1. The second-order valence-electron chi connectivity index (χ2n) is 8.53. The zero-order valence-electron chi connectivity index (χ0n) is 20.8. The van der Waals surface area contributed by atoms with E-state index in [4.69, 9.17) is 18.9 Å². The number of aromatic nitrogens is 1. The third-order valence-corrected chi connectivity index (χ3v) is 5.72. The standard InChI is InChI=1S/C30H31NO6/c1-2-36-30(33)27-16-31-28-14-13-24(15-26(28)29(27)32)19-37-25(20-34-17-22-9-5-3-6-10-22)21-35-18-23-11-7-4-8-12-23/h3-16,25H,2,17-21H2,1H3,(H,31,32). The smallest absolute Gasteiger partial charge is 0.343 e. The monoisotopic (exact) mass is 501 g/mol. The van der Waals surface area contributed by atoms with Crippen LogP contribution in [0, 0.1) is 0 Å². The summed E-state index contributed by atoms with van der Waals surface area (Å²) in [6, 6.07) is 25.4. The molecule has 1 N–H and O–H groups in total. The lowest BCUT2D eigenvalue weighted by Gasteiger charge is -2.19. The van der Waals surface area contributed by atoms with Crippen molar-refractivity contribution in [3.63, 3.8) is 0 Å². The van der Waals surface area contributed by atoms with Crippen molar-refractivity contribution < 1.29 is 28.8 Å². The second kappa shape index (κ2) is 13.5. The summed E-state index contributed by atoms with van der Waals surface area (Å²) < 4.78 is 23.0. The Kier molecular flexibility index (Phi) is 9.60. The molecular weight excluding hydrogens is 470 g/mol. The number of benzene rings is 3. The van der Waals surface area contributed by atoms with Gasteiger partial charge in [0.25, 0.3) is 0 Å². The van der Waals surface area contributed by atoms with Crippen LogP contribution in [-0.4, -0.2) is 42.0 Å². The van der Waals surface area contributed by atoms with E-state index >= 15 is 0 Å². The lowest BCUT2D eigenvalue weighted by atomic mass is 10.1. The molecular formula is C30H31NO6. The van der Waals surface area contributed by atoms with E-state index in [1.54, 1.807) is 19.1 Å². The number of ether oxygens (including phenoxy) is 4. The van der Waals surface area contributed by atoms with Gasteiger partial charge in [0.1, 0.15) is 17.4 Å². The lowest BCUT2D eigenvalue weighted by Crippen LogP contribution is -2.25. The second-order valence-corrected chi connectivity index (χ2v) is 8.53. The largest absolute Gasteiger partial charge is 0.506 e. The third kappa shape index (κ3) is 7.60. The number of carbonyl (C=O) groups is 1. The highest BCUT2D eigenvalue weighted by Gasteiger charge is 2.17. The molecule has 3 aromatic carbocycles. The summed E-state index contributed by atoms with van der Waals surface area (Å²) in [4.78, 5) is 16.4. The van der Waals surface area contributed by atoms with Crippen molar-refractivity contribution in [2.75, 3.05) is 19.8 Å². The van der Waals surface area contributed by atoms with Gasteiger partial charge in [0, 0.05) is 11.6 Å². The van der Waals surface area contributed by atoms with Crippen LogP contribution in [-0.2, 0) is 38.8 Å². The van der Waals surface area contributed by atoms with Crippen molar-refractivity contribution >= 4 is 16.9 Å². The van der Waals surface area contributed by atoms with Crippen molar-refractivity contribution in [2.45, 2.75) is 32.8 Å². The van der Waals surface area contributed by atoms with E-state index in [-0.39, 0.29) is 30.6 Å². The average Bonchev–Trinajstić information content (AvgIpc) is 2.93. The molecule has 1 heterocycles. The summed E-state index contributed by atoms with van der Waals surface area (Å²) in [5, 5.41) is 11.1. The minimum Gasteiger partial charge on any atom is -0.506 e. The van der Waals surface area contributed by atoms with E-state index in [9.17, 15) is 9.90 Å². The Bertz CT molecular complexity index is 1230. The lowest BCUT2D eigenvalue weighted by molar-refractivity contribution is -0.0729. The zero-order chi connectivity index (χ0) is 25.9. The average molecular weight is 502 g/mol. The van der Waals surface area contributed by atoms with E-state index in [1.807, 2.05) is 66.7 Å². The normalized spacial score (nSPS) is 11.2. The molecule has 7 heteroatoms. The van der Waals surface area contributed by atoms with Gasteiger partial charge in [0.15, 0.2) is 0 Å². The van der Waals surface area contributed by atoms with Crippen LogP contribution in [0.25, 0.3) is 10.9 Å². The molecule has 0 spiro atoms. The maximum absolute atomic E-state index is 12.1. The van der Waals surface area contributed by atoms with E-state index in [0.717, 1.165) is 16.7 Å². The van der Waals surface area contributed by atoms with Crippen molar-refractivity contribution in [2.24, 2.45) is 0 Å². The Morgan fingerprint density at radius 3 is 2.05 bits per heavy atom. The van der Waals surface area contributed by atoms with Gasteiger partial charge in [-0.15, -0.1) is 0 Å². The van der Waals surface area contributed by atoms with Crippen LogP contribution in [0.5, 0.6) is 5.75 Å². The van der Waals surface area contributed by atoms with Crippen LogP contribution >= 0.6 is 0 Å². The van der Waals surface area contributed by atoms with Crippen molar-refractivity contribution in [1.29, 1.82) is 0 Å². The minimum atomic E-state index is -0.609. The van der Waals surface area contributed by atoms with Crippen LogP contribution < -0.4 is 0 Å². The molecule has 0 saturated heterocycles. The number of esters is 1. The first-order valence-corrected chi connectivity index (χ1v) is 12.3. The number of hydrogen-bond donors (Lipinski definition) is 1. The molecule has 37 heavy (non-hydrogen) atoms. The van der Waals surface area contributed by atoms with Gasteiger partial charge in [-0.2, -0.15) is 0 Å². The highest BCUT2D eigenvalue weighted by Crippen LogP contribution is 2.28. The SMILES string of the molecule is CCOC(=O)c1cnc2ccc(COC(COCc3ccccc3)COCc3ccccc3)cc2c1O. The van der Waals surface area contributed by atoms with Gasteiger partial charge in [0.05, 0.1) is 45.2 Å². The fourth-order valence-electron chi connectivity index (χ4n) is 3.80. The summed E-state index contributed by atoms with van der Waals surface area (Å²) in [5.74, 6) is -0.763. The van der Waals surface area contributed by atoms with Gasteiger partial charge in [0.2, 0.25) is 0 Å². The van der Waals surface area contributed by atoms with Crippen LogP contribution in [0.15, 0.2) is 85.1 Å². The summed E-state index contributed by atoms with van der Waals surface area (Å²) in [6.07, 6.45) is 1.02. The van der Waals surface area contributed by atoms with Gasteiger partial charge in [-0.25, -0.2) is 4.79 Å². The molecule has 0 aliphatic carbocycles. The molecule has 0 aliphatic rings. The van der Waals surface area contributed by atoms with Crippen molar-refractivity contribution in [1.82, 2.24) is 4.98 Å². The minimum absolute atomic E-state index is 0.0360. The Balaban J connectivity index is 1.41. The molecule has 1 aromatic heterocycles. The summed E-state index contributed by atoms with van der Waals surface area (Å²) in [6.45, 7) is 3.87. The van der Waals surface area contributed by atoms with E-state index < -0.39 is 5.97 Å². The van der Waals surface area contributed by atoms with Gasteiger partial charge < -0.3 is 24.1 Å². The first-order valence-electron chi connectivity index (χ1n) is 12.3. The number of pyridine rings is 1. The van der Waals surface area contributed by atoms with Crippen molar-refractivity contribution in [3.05, 3.63) is 107 Å². The highest BCUT2D eigenvalue weighted by atomic mass is 16.6. The Morgan fingerprint density at radius 1 is 0.838 bits per heavy atom. The highest BCUT2D eigenvalue weighted by molar-refractivity contribution is 5.99. The molecule has 0 saturated carbocycles. The van der Waals surface area contributed by atoms with Gasteiger partial charge in [-0.05, 0) is 35.7 Å². The molecule has 4 aromatic rings. The number of nitrogens with zero attached hydrogens (tertiary/aromatic N) is 1. The molecule has 0 unspecified atom stereocenters. The van der Waals surface area contributed by atoms with Crippen molar-refractivity contribution in [3.8, 4) is 5.75 Å². The zero-order valence-corrected chi connectivity index (χ0v) is 20.8. The molecule has 0 atom stereocenters. The first kappa shape index (κ1) is 26.3. The summed E-state index contributed by atoms with van der Waals surface area (Å²) in [5.41, 5.74) is 3.60. The Labute approximate surface area is 216 Å². The third-order valence-electron chi connectivity index (χ3n) is 5.72. The number of fused-ring (bicyclic) bond motifs is 1. The number of hydrogen-bond acceptors (Lipinski definition) is 7.